The standard InChI is InChI=1S/C23H26N4O2S/c28-23(27-8-4-5-9-27)19-12-18(13-24-19)20-16-30-22(25-20)21-15-26(10-11-29-21)14-17-6-2-1-3-7-17/h1-3,6-7,12-13,16,21,24H,4-5,8-11,14-15H2. The highest BCUT2D eigenvalue weighted by Crippen LogP contribution is 2.30. The van der Waals surface area contributed by atoms with Crippen LogP contribution in [0.5, 0.6) is 0 Å². The molecular formula is C23H26N4O2S. The number of amides is 1. The number of morpholine rings is 1. The van der Waals surface area contributed by atoms with E-state index in [1.807, 2.05) is 23.2 Å². The number of nitrogens with one attached hydrogen (secondary N) is 1. The maximum Gasteiger partial charge on any atom is 0.270 e. The van der Waals surface area contributed by atoms with Crippen LogP contribution in [0, 0.1) is 0 Å². The quantitative estimate of drug-likeness (QED) is 0.676. The fourth-order valence-electron chi connectivity index (χ4n) is 4.16. The van der Waals surface area contributed by atoms with Crippen LogP contribution in [0.25, 0.3) is 11.3 Å². The lowest BCUT2D eigenvalue weighted by Gasteiger charge is -2.31. The number of aromatic amines is 1. The van der Waals surface area contributed by atoms with Gasteiger partial charge in [-0.25, -0.2) is 4.98 Å². The molecule has 0 spiro atoms. The summed E-state index contributed by atoms with van der Waals surface area (Å²) in [6, 6.07) is 12.5. The van der Waals surface area contributed by atoms with Crippen molar-refractivity contribution in [3.63, 3.8) is 0 Å². The van der Waals surface area contributed by atoms with Crippen LogP contribution in [0.3, 0.4) is 0 Å². The average molecular weight is 423 g/mol. The van der Waals surface area contributed by atoms with E-state index in [4.69, 9.17) is 9.72 Å². The third kappa shape index (κ3) is 4.19. The predicted molar refractivity (Wildman–Crippen MR) is 117 cm³/mol. The Morgan fingerprint density at radius 3 is 2.87 bits per heavy atom. The third-order valence-corrected chi connectivity index (χ3v) is 6.74. The summed E-state index contributed by atoms with van der Waals surface area (Å²) in [5, 5.41) is 3.05. The van der Waals surface area contributed by atoms with Gasteiger partial charge in [0.15, 0.2) is 0 Å². The summed E-state index contributed by atoms with van der Waals surface area (Å²) in [7, 11) is 0. The van der Waals surface area contributed by atoms with Crippen molar-refractivity contribution >= 4 is 17.2 Å². The molecule has 1 unspecified atom stereocenters. The minimum atomic E-state index is -0.00847. The SMILES string of the molecule is O=C(c1cc(-c2csc(C3CN(Cc4ccccc4)CCO3)n2)c[nH]1)N1CCCC1. The molecule has 1 aromatic carbocycles. The van der Waals surface area contributed by atoms with Crippen LogP contribution in [-0.4, -0.2) is 58.5 Å². The van der Waals surface area contributed by atoms with Crippen molar-refractivity contribution in [3.05, 3.63) is 64.2 Å². The molecule has 4 heterocycles. The van der Waals surface area contributed by atoms with Crippen molar-refractivity contribution in [3.8, 4) is 11.3 Å². The van der Waals surface area contributed by atoms with Gasteiger partial charge < -0.3 is 14.6 Å². The zero-order chi connectivity index (χ0) is 20.3. The van der Waals surface area contributed by atoms with Gasteiger partial charge in [0.2, 0.25) is 0 Å². The van der Waals surface area contributed by atoms with E-state index in [0.29, 0.717) is 12.3 Å². The average Bonchev–Trinajstić information content (AvgIpc) is 3.56. The largest absolute Gasteiger partial charge is 0.368 e. The van der Waals surface area contributed by atoms with Gasteiger partial charge in [-0.15, -0.1) is 11.3 Å². The number of aromatic nitrogens is 2. The highest BCUT2D eigenvalue weighted by molar-refractivity contribution is 7.10. The van der Waals surface area contributed by atoms with Crippen LogP contribution in [0.1, 0.15) is 40.0 Å². The Balaban J connectivity index is 1.25. The minimum absolute atomic E-state index is 0.00847. The number of nitrogens with zero attached hydrogens (tertiary/aromatic N) is 3. The number of hydrogen-bond acceptors (Lipinski definition) is 5. The van der Waals surface area contributed by atoms with Gasteiger partial charge in [-0.1, -0.05) is 30.3 Å². The number of carbonyl (C=O) groups excluding carboxylic acids is 1. The van der Waals surface area contributed by atoms with Gasteiger partial charge in [0, 0.05) is 49.9 Å². The van der Waals surface area contributed by atoms with E-state index >= 15 is 0 Å². The molecular weight excluding hydrogens is 396 g/mol. The van der Waals surface area contributed by atoms with Crippen molar-refractivity contribution in [2.75, 3.05) is 32.8 Å². The van der Waals surface area contributed by atoms with Crippen LogP contribution in [-0.2, 0) is 11.3 Å². The van der Waals surface area contributed by atoms with E-state index in [2.05, 4.69) is 39.5 Å². The summed E-state index contributed by atoms with van der Waals surface area (Å²) in [6.45, 7) is 5.12. The number of ether oxygens (including phenoxy) is 1. The zero-order valence-corrected chi connectivity index (χ0v) is 17.7. The summed E-state index contributed by atoms with van der Waals surface area (Å²) in [5.41, 5.74) is 3.82. The predicted octanol–water partition coefficient (Wildman–Crippen LogP) is 3.95. The van der Waals surface area contributed by atoms with Gasteiger partial charge in [0.25, 0.3) is 5.91 Å². The molecule has 1 atom stereocenters. The molecule has 1 N–H and O–H groups in total. The molecule has 0 bridgehead atoms. The molecule has 2 aliphatic rings. The van der Waals surface area contributed by atoms with Crippen LogP contribution in [0.2, 0.25) is 0 Å². The van der Waals surface area contributed by atoms with Crippen LogP contribution < -0.4 is 0 Å². The van der Waals surface area contributed by atoms with Crippen molar-refractivity contribution in [2.24, 2.45) is 0 Å². The summed E-state index contributed by atoms with van der Waals surface area (Å²) < 4.78 is 6.03. The first-order valence-corrected chi connectivity index (χ1v) is 11.5. The van der Waals surface area contributed by atoms with Crippen LogP contribution in [0.15, 0.2) is 48.0 Å². The molecule has 2 saturated heterocycles. The van der Waals surface area contributed by atoms with E-state index < -0.39 is 0 Å². The van der Waals surface area contributed by atoms with Crippen LogP contribution >= 0.6 is 11.3 Å². The Labute approximate surface area is 180 Å². The normalized spacial score (nSPS) is 20.0. The first-order valence-electron chi connectivity index (χ1n) is 10.6. The Morgan fingerprint density at radius 1 is 1.20 bits per heavy atom. The molecule has 6 nitrogen and oxygen atoms in total. The first kappa shape index (κ1) is 19.5. The van der Waals surface area contributed by atoms with Gasteiger partial charge in [0.05, 0.1) is 12.3 Å². The smallest absolute Gasteiger partial charge is 0.270 e. The number of hydrogen-bond donors (Lipinski definition) is 1. The summed E-state index contributed by atoms with van der Waals surface area (Å²) in [6.07, 6.45) is 4.06. The van der Waals surface area contributed by atoms with Gasteiger partial charge in [-0.3, -0.25) is 9.69 Å². The summed E-state index contributed by atoms with van der Waals surface area (Å²) in [5.74, 6) is 0.0846. The number of thiazole rings is 1. The third-order valence-electron chi connectivity index (χ3n) is 5.80. The molecule has 5 rings (SSSR count). The van der Waals surface area contributed by atoms with Crippen molar-refractivity contribution < 1.29 is 9.53 Å². The second-order valence-corrected chi connectivity index (χ2v) is 8.84. The van der Waals surface area contributed by atoms with E-state index in [1.165, 1.54) is 5.56 Å². The fourth-order valence-corrected chi connectivity index (χ4v) is 5.03. The van der Waals surface area contributed by atoms with E-state index in [9.17, 15) is 4.79 Å². The van der Waals surface area contributed by atoms with Crippen molar-refractivity contribution in [2.45, 2.75) is 25.5 Å². The van der Waals surface area contributed by atoms with Gasteiger partial charge in [0.1, 0.15) is 16.8 Å². The minimum Gasteiger partial charge on any atom is -0.368 e. The second kappa shape index (κ2) is 8.71. The topological polar surface area (TPSA) is 61.5 Å². The molecule has 0 saturated carbocycles. The Hall–Kier alpha value is -2.48. The molecule has 2 aromatic heterocycles. The van der Waals surface area contributed by atoms with Gasteiger partial charge in [-0.2, -0.15) is 0 Å². The molecule has 1 amide bonds. The second-order valence-electron chi connectivity index (χ2n) is 7.95. The molecule has 30 heavy (non-hydrogen) atoms. The van der Waals surface area contributed by atoms with Crippen molar-refractivity contribution in [1.29, 1.82) is 0 Å². The highest BCUT2D eigenvalue weighted by atomic mass is 32.1. The first-order chi connectivity index (χ1) is 14.8. The molecule has 156 valence electrons. The van der Waals surface area contributed by atoms with E-state index in [1.54, 1.807) is 11.3 Å². The summed E-state index contributed by atoms with van der Waals surface area (Å²) >= 11 is 1.63. The van der Waals surface area contributed by atoms with Gasteiger partial charge in [-0.05, 0) is 24.5 Å². The molecule has 3 aromatic rings. The van der Waals surface area contributed by atoms with Gasteiger partial charge >= 0.3 is 0 Å². The maximum atomic E-state index is 12.6. The number of carbonyl (C=O) groups is 1. The van der Waals surface area contributed by atoms with E-state index in [0.717, 1.165) is 61.8 Å². The Kier molecular flexibility index (Phi) is 5.66. The molecule has 7 heteroatoms. The van der Waals surface area contributed by atoms with Crippen molar-refractivity contribution in [1.82, 2.24) is 19.8 Å². The maximum absolute atomic E-state index is 12.6. The zero-order valence-electron chi connectivity index (χ0n) is 16.9. The number of rotatable bonds is 5. The van der Waals surface area contributed by atoms with Crippen LogP contribution in [0.4, 0.5) is 0 Å². The lowest BCUT2D eigenvalue weighted by Crippen LogP contribution is -2.37. The molecule has 0 radical (unpaired) electrons. The van der Waals surface area contributed by atoms with E-state index in [-0.39, 0.29) is 12.0 Å². The number of likely N-dealkylation sites (tertiary alicyclic amines) is 1. The number of H-pyrrole nitrogens is 1. The lowest BCUT2D eigenvalue weighted by molar-refractivity contribution is -0.0329. The molecule has 2 fully saturated rings. The Bertz CT molecular complexity index is 994. The lowest BCUT2D eigenvalue weighted by atomic mass is 10.2. The molecule has 2 aliphatic heterocycles. The fraction of sp³-hybridized carbons (Fsp3) is 0.391. The molecule has 0 aliphatic carbocycles. The monoisotopic (exact) mass is 422 g/mol. The summed E-state index contributed by atoms with van der Waals surface area (Å²) in [4.78, 5) is 24.9. The Morgan fingerprint density at radius 2 is 2.03 bits per heavy atom. The highest BCUT2D eigenvalue weighted by Gasteiger charge is 2.25. The number of benzene rings is 1.